The molecule has 0 fully saturated rings. The molecule has 63 heavy (non-hydrogen) atoms. The lowest BCUT2D eigenvalue weighted by molar-refractivity contribution is 0.623. The van der Waals surface area contributed by atoms with Gasteiger partial charge in [0.1, 0.15) is 5.52 Å². The van der Waals surface area contributed by atoms with Crippen molar-refractivity contribution in [1.29, 1.82) is 0 Å². The summed E-state index contributed by atoms with van der Waals surface area (Å²) in [6.07, 6.45) is 0. The van der Waals surface area contributed by atoms with Gasteiger partial charge in [-0.1, -0.05) is 127 Å². The fraction of sp³-hybridized carbons (Fsp3) is 0. The summed E-state index contributed by atoms with van der Waals surface area (Å²) >= 11 is 1.77. The van der Waals surface area contributed by atoms with Crippen molar-refractivity contribution < 1.29 is 4.42 Å². The standard InChI is InChI=1S/C56H33N5OS/c1-4-12-34(13-5-1)35-20-23-37(24-21-35)53-58-54(60-55(59-53)40-26-29-47-44(33-40)42-18-10-11-19-46(42)61(47)41-16-8-3-9-17-41)39-25-22-36-27-30-48-50(43(36)32-39)51-49(63-48)31-28-45-52(51)62-56(57-45)38-14-6-2-7-15-38/h1-33H. The first-order valence-corrected chi connectivity index (χ1v) is 21.8. The second-order valence-electron chi connectivity index (χ2n) is 15.8. The quantitative estimate of drug-likeness (QED) is 0.167. The summed E-state index contributed by atoms with van der Waals surface area (Å²) in [4.78, 5) is 20.7. The highest BCUT2D eigenvalue weighted by molar-refractivity contribution is 7.26. The molecule has 0 aliphatic rings. The van der Waals surface area contributed by atoms with E-state index in [4.69, 9.17) is 24.4 Å². The molecule has 0 spiro atoms. The molecule has 0 bridgehead atoms. The van der Waals surface area contributed by atoms with Crippen molar-refractivity contribution in [3.05, 3.63) is 200 Å². The van der Waals surface area contributed by atoms with Crippen molar-refractivity contribution in [3.63, 3.8) is 0 Å². The number of fused-ring (bicyclic) bond motifs is 10. The highest BCUT2D eigenvalue weighted by atomic mass is 32.1. The van der Waals surface area contributed by atoms with Crippen LogP contribution in [0.2, 0.25) is 0 Å². The Morgan fingerprint density at radius 1 is 0.381 bits per heavy atom. The van der Waals surface area contributed by atoms with Crippen LogP contribution in [0, 0.1) is 0 Å². The fourth-order valence-corrected chi connectivity index (χ4v) is 10.2. The van der Waals surface area contributed by atoms with Gasteiger partial charge in [-0.05, 0) is 94.7 Å². The number of hydrogen-bond acceptors (Lipinski definition) is 6. The summed E-state index contributed by atoms with van der Waals surface area (Å²) < 4.78 is 11.3. The molecule has 0 atom stereocenters. The minimum Gasteiger partial charge on any atom is -0.435 e. The van der Waals surface area contributed by atoms with Gasteiger partial charge in [-0.3, -0.25) is 0 Å². The molecule has 9 aromatic carbocycles. The van der Waals surface area contributed by atoms with Gasteiger partial charge in [0, 0.05) is 58.9 Å². The molecule has 0 radical (unpaired) electrons. The highest BCUT2D eigenvalue weighted by Crippen LogP contribution is 2.44. The van der Waals surface area contributed by atoms with Gasteiger partial charge < -0.3 is 8.98 Å². The molecule has 0 unspecified atom stereocenters. The summed E-state index contributed by atoms with van der Waals surface area (Å²) in [6.45, 7) is 0. The monoisotopic (exact) mass is 823 g/mol. The molecule has 7 heteroatoms. The van der Waals surface area contributed by atoms with Crippen molar-refractivity contribution in [1.82, 2.24) is 24.5 Å². The van der Waals surface area contributed by atoms with Crippen LogP contribution < -0.4 is 0 Å². The topological polar surface area (TPSA) is 69.6 Å². The maximum atomic E-state index is 6.61. The van der Waals surface area contributed by atoms with Crippen LogP contribution >= 0.6 is 11.3 Å². The van der Waals surface area contributed by atoms with Crippen LogP contribution in [0.1, 0.15) is 0 Å². The molecular formula is C56H33N5OS. The van der Waals surface area contributed by atoms with Gasteiger partial charge in [0.15, 0.2) is 23.1 Å². The number of rotatable bonds is 6. The van der Waals surface area contributed by atoms with E-state index in [9.17, 15) is 0 Å². The van der Waals surface area contributed by atoms with Crippen LogP contribution in [-0.2, 0) is 0 Å². The molecule has 4 heterocycles. The van der Waals surface area contributed by atoms with Gasteiger partial charge in [0.25, 0.3) is 0 Å². The van der Waals surface area contributed by atoms with E-state index in [-0.39, 0.29) is 0 Å². The molecule has 0 saturated carbocycles. The van der Waals surface area contributed by atoms with E-state index >= 15 is 0 Å². The Balaban J connectivity index is 1.01. The number of hydrogen-bond donors (Lipinski definition) is 0. The lowest BCUT2D eigenvalue weighted by atomic mass is 10.0. The Hall–Kier alpha value is -8.26. The third kappa shape index (κ3) is 5.86. The SMILES string of the molecule is c1ccc(-c2ccc(-c3nc(-c4ccc5ccc6sc7ccc8nc(-c9ccccc9)oc8c7c6c5c4)nc(-c4ccc5c(c4)c4ccccc4n5-c4ccccc4)n3)cc2)cc1. The van der Waals surface area contributed by atoms with Gasteiger partial charge >= 0.3 is 0 Å². The second kappa shape index (κ2) is 14.2. The van der Waals surface area contributed by atoms with Crippen LogP contribution in [0.4, 0.5) is 0 Å². The van der Waals surface area contributed by atoms with Crippen LogP contribution in [0.15, 0.2) is 205 Å². The average molecular weight is 824 g/mol. The first-order valence-electron chi connectivity index (χ1n) is 21.0. The zero-order valence-corrected chi connectivity index (χ0v) is 34.4. The smallest absolute Gasteiger partial charge is 0.227 e. The maximum Gasteiger partial charge on any atom is 0.227 e. The van der Waals surface area contributed by atoms with Crippen LogP contribution in [-0.4, -0.2) is 24.5 Å². The van der Waals surface area contributed by atoms with Crippen molar-refractivity contribution in [2.75, 3.05) is 0 Å². The maximum absolute atomic E-state index is 6.61. The largest absolute Gasteiger partial charge is 0.435 e. The lowest BCUT2D eigenvalue weighted by Crippen LogP contribution is -2.00. The molecule has 0 saturated heterocycles. The summed E-state index contributed by atoms with van der Waals surface area (Å²) in [5.74, 6) is 2.43. The fourth-order valence-electron chi connectivity index (χ4n) is 9.07. The summed E-state index contributed by atoms with van der Waals surface area (Å²) in [7, 11) is 0. The number of aromatic nitrogens is 5. The van der Waals surface area contributed by atoms with Gasteiger partial charge in [-0.25, -0.2) is 19.9 Å². The second-order valence-corrected chi connectivity index (χ2v) is 16.9. The number of oxazole rings is 1. The summed E-state index contributed by atoms with van der Waals surface area (Å²) in [5.41, 5.74) is 11.0. The highest BCUT2D eigenvalue weighted by Gasteiger charge is 2.20. The van der Waals surface area contributed by atoms with Gasteiger partial charge in [0.2, 0.25) is 5.89 Å². The third-order valence-corrected chi connectivity index (χ3v) is 13.2. The van der Waals surface area contributed by atoms with Crippen LogP contribution in [0.25, 0.3) is 126 Å². The molecule has 0 N–H and O–H groups in total. The average Bonchev–Trinajstić information content (AvgIpc) is 4.07. The van der Waals surface area contributed by atoms with Gasteiger partial charge in [0.05, 0.1) is 11.0 Å². The van der Waals surface area contributed by atoms with E-state index in [1.165, 1.54) is 10.1 Å². The molecule has 294 valence electrons. The first-order chi connectivity index (χ1) is 31.2. The Kier molecular flexibility index (Phi) is 7.98. The van der Waals surface area contributed by atoms with E-state index < -0.39 is 0 Å². The predicted molar refractivity (Wildman–Crippen MR) is 259 cm³/mol. The number of benzene rings is 9. The van der Waals surface area contributed by atoms with Crippen molar-refractivity contribution in [3.8, 4) is 62.4 Å². The molecule has 0 aliphatic heterocycles. The summed E-state index contributed by atoms with van der Waals surface area (Å²) in [6, 6.07) is 69.8. The first kappa shape index (κ1) is 35.5. The molecule has 6 nitrogen and oxygen atoms in total. The third-order valence-electron chi connectivity index (χ3n) is 12.1. The van der Waals surface area contributed by atoms with Crippen molar-refractivity contribution in [2.24, 2.45) is 0 Å². The van der Waals surface area contributed by atoms with Crippen LogP contribution in [0.5, 0.6) is 0 Å². The number of thiophene rings is 1. The van der Waals surface area contributed by atoms with Crippen LogP contribution in [0.3, 0.4) is 0 Å². The Morgan fingerprint density at radius 3 is 1.68 bits per heavy atom. The molecule has 13 rings (SSSR count). The minimum atomic E-state index is 0.601. The minimum absolute atomic E-state index is 0.601. The number of nitrogens with zero attached hydrogens (tertiary/aromatic N) is 5. The van der Waals surface area contributed by atoms with E-state index in [1.807, 2.05) is 36.4 Å². The van der Waals surface area contributed by atoms with E-state index in [0.29, 0.717) is 23.4 Å². The number of para-hydroxylation sites is 2. The zero-order chi connectivity index (χ0) is 41.4. The van der Waals surface area contributed by atoms with E-state index in [1.54, 1.807) is 11.3 Å². The Morgan fingerprint density at radius 2 is 0.921 bits per heavy atom. The lowest BCUT2D eigenvalue weighted by Gasteiger charge is -2.11. The van der Waals surface area contributed by atoms with Crippen molar-refractivity contribution in [2.45, 2.75) is 0 Å². The predicted octanol–water partition coefficient (Wildman–Crippen LogP) is 15.0. The van der Waals surface area contributed by atoms with Gasteiger partial charge in [-0.15, -0.1) is 11.3 Å². The zero-order valence-electron chi connectivity index (χ0n) is 33.6. The molecule has 4 aromatic heterocycles. The molecule has 0 amide bonds. The Labute approximate surface area is 365 Å². The normalized spacial score (nSPS) is 11.8. The van der Waals surface area contributed by atoms with E-state index in [2.05, 4.69) is 168 Å². The Bertz CT molecular complexity index is 3890. The van der Waals surface area contributed by atoms with Crippen molar-refractivity contribution >= 4 is 75.2 Å². The van der Waals surface area contributed by atoms with E-state index in [0.717, 1.165) is 92.8 Å². The summed E-state index contributed by atoms with van der Waals surface area (Å²) in [5, 5.41) is 6.74. The molecule has 0 aliphatic carbocycles. The molecule has 13 aromatic rings. The van der Waals surface area contributed by atoms with Gasteiger partial charge in [-0.2, -0.15) is 0 Å². The molecular weight excluding hydrogens is 791 g/mol.